The first-order valence-electron chi connectivity index (χ1n) is 6.31. The highest BCUT2D eigenvalue weighted by Crippen LogP contribution is 2.27. The van der Waals surface area contributed by atoms with Gasteiger partial charge in [0.05, 0.1) is 10.9 Å². The van der Waals surface area contributed by atoms with Crippen molar-refractivity contribution in [3.63, 3.8) is 0 Å². The molecule has 0 bridgehead atoms. The number of halogens is 1. The molecule has 1 aliphatic rings. The average molecular weight is 358 g/mol. The van der Waals surface area contributed by atoms with Crippen LogP contribution in [-0.4, -0.2) is 28.0 Å². The van der Waals surface area contributed by atoms with Gasteiger partial charge in [0.1, 0.15) is 0 Å². The second kappa shape index (κ2) is 6.99. The van der Waals surface area contributed by atoms with Gasteiger partial charge in [0.2, 0.25) is 5.91 Å². The van der Waals surface area contributed by atoms with Crippen LogP contribution in [0.15, 0.2) is 27.8 Å². The van der Waals surface area contributed by atoms with Crippen LogP contribution in [0.2, 0.25) is 0 Å². The Kier molecular flexibility index (Phi) is 5.31. The molecule has 1 aliphatic heterocycles. The van der Waals surface area contributed by atoms with Gasteiger partial charge in [0.15, 0.2) is 5.84 Å². The third-order valence-corrected chi connectivity index (χ3v) is 4.97. The summed E-state index contributed by atoms with van der Waals surface area (Å²) in [6, 6.07) is 5.22. The highest BCUT2D eigenvalue weighted by Gasteiger charge is 2.22. The fourth-order valence-electron chi connectivity index (χ4n) is 2.06. The Bertz CT molecular complexity index is 530. The number of nitrogens with zero attached hydrogens (tertiary/aromatic N) is 1. The van der Waals surface area contributed by atoms with E-state index in [9.17, 15) is 4.79 Å². The number of amidine groups is 1. The summed E-state index contributed by atoms with van der Waals surface area (Å²) in [7, 11) is 0. The number of anilines is 1. The number of thioether (sulfide) groups is 1. The molecule has 1 fully saturated rings. The minimum absolute atomic E-state index is 0.0240. The molecular formula is C13H16BrN3O2S. The highest BCUT2D eigenvalue weighted by molar-refractivity contribution is 9.10. The molecule has 4 N–H and O–H groups in total. The minimum Gasteiger partial charge on any atom is -0.409 e. The molecule has 0 radical (unpaired) electrons. The van der Waals surface area contributed by atoms with Gasteiger partial charge < -0.3 is 16.3 Å². The summed E-state index contributed by atoms with van der Waals surface area (Å²) >= 11 is 5.03. The number of hydrogen-bond donors (Lipinski definition) is 3. The highest BCUT2D eigenvalue weighted by atomic mass is 79.9. The quantitative estimate of drug-likeness (QED) is 0.336. The summed E-state index contributed by atoms with van der Waals surface area (Å²) in [5, 5.41) is 14.6. The largest absolute Gasteiger partial charge is 0.409 e. The molecule has 7 heteroatoms. The lowest BCUT2D eigenvalue weighted by atomic mass is 10.1. The maximum absolute atomic E-state index is 12.3. The zero-order chi connectivity index (χ0) is 14.5. The van der Waals surface area contributed by atoms with Crippen molar-refractivity contribution in [1.82, 2.24) is 0 Å². The van der Waals surface area contributed by atoms with E-state index in [1.54, 1.807) is 30.0 Å². The number of oxime groups is 1. The van der Waals surface area contributed by atoms with E-state index in [0.717, 1.165) is 23.1 Å². The number of rotatable bonds is 3. The van der Waals surface area contributed by atoms with Gasteiger partial charge in [-0.05, 0) is 36.8 Å². The molecule has 20 heavy (non-hydrogen) atoms. The van der Waals surface area contributed by atoms with Crippen molar-refractivity contribution in [2.75, 3.05) is 11.1 Å². The van der Waals surface area contributed by atoms with Crippen molar-refractivity contribution >= 4 is 45.1 Å². The van der Waals surface area contributed by atoms with Crippen LogP contribution < -0.4 is 11.1 Å². The number of hydrogen-bond acceptors (Lipinski definition) is 4. The van der Waals surface area contributed by atoms with E-state index in [-0.39, 0.29) is 17.0 Å². The molecular weight excluding hydrogens is 342 g/mol. The van der Waals surface area contributed by atoms with Gasteiger partial charge in [-0.15, -0.1) is 11.8 Å². The molecule has 1 aromatic carbocycles. The number of benzene rings is 1. The van der Waals surface area contributed by atoms with Crippen molar-refractivity contribution in [1.29, 1.82) is 0 Å². The summed E-state index contributed by atoms with van der Waals surface area (Å²) < 4.78 is 0.818. The van der Waals surface area contributed by atoms with E-state index >= 15 is 0 Å². The monoisotopic (exact) mass is 357 g/mol. The minimum atomic E-state index is -0.0280. The van der Waals surface area contributed by atoms with E-state index in [4.69, 9.17) is 10.9 Å². The predicted octanol–water partition coefficient (Wildman–Crippen LogP) is 2.77. The Balaban J connectivity index is 2.19. The molecule has 108 valence electrons. The summed E-state index contributed by atoms with van der Waals surface area (Å²) in [6.07, 6.45) is 3.14. The van der Waals surface area contributed by atoms with Crippen LogP contribution in [0.5, 0.6) is 0 Å². The standard InChI is InChI=1S/C13H16BrN3O2S/c14-8-4-5-9(12(15)17-19)10(7-8)16-13(18)11-3-1-2-6-20-11/h4-5,7,11,19H,1-3,6H2,(H2,15,17)(H,16,18). The van der Waals surface area contributed by atoms with E-state index < -0.39 is 0 Å². The molecule has 1 aromatic rings. The van der Waals surface area contributed by atoms with Crippen LogP contribution in [-0.2, 0) is 4.79 Å². The number of carbonyl (C=O) groups is 1. The van der Waals surface area contributed by atoms with Crippen LogP contribution in [0, 0.1) is 0 Å². The molecule has 0 aromatic heterocycles. The fraction of sp³-hybridized carbons (Fsp3) is 0.385. The molecule has 1 saturated heterocycles. The predicted molar refractivity (Wildman–Crippen MR) is 85.4 cm³/mol. The Hall–Kier alpha value is -1.21. The molecule has 1 amide bonds. The third kappa shape index (κ3) is 3.67. The molecule has 1 atom stereocenters. The fourth-order valence-corrected chi connectivity index (χ4v) is 3.62. The SMILES string of the molecule is N/C(=N/O)c1ccc(Br)cc1NC(=O)C1CCCCS1. The first-order valence-corrected chi connectivity index (χ1v) is 8.16. The average Bonchev–Trinajstić information content (AvgIpc) is 2.47. The van der Waals surface area contributed by atoms with Gasteiger partial charge in [-0.2, -0.15) is 0 Å². The maximum atomic E-state index is 12.3. The normalized spacial score (nSPS) is 19.6. The first-order chi connectivity index (χ1) is 9.61. The van der Waals surface area contributed by atoms with E-state index in [1.807, 2.05) is 0 Å². The topological polar surface area (TPSA) is 87.7 Å². The molecule has 2 rings (SSSR count). The number of amides is 1. The second-order valence-corrected chi connectivity index (χ2v) is 6.75. The molecule has 0 aliphatic carbocycles. The number of nitrogens with two attached hydrogens (primary N) is 1. The van der Waals surface area contributed by atoms with Crippen LogP contribution in [0.4, 0.5) is 5.69 Å². The van der Waals surface area contributed by atoms with Crippen molar-refractivity contribution in [3.8, 4) is 0 Å². The lowest BCUT2D eigenvalue weighted by Crippen LogP contribution is -2.28. The smallest absolute Gasteiger partial charge is 0.237 e. The number of carbonyl (C=O) groups excluding carboxylic acids is 1. The Labute approximate surface area is 130 Å². The lowest BCUT2D eigenvalue weighted by molar-refractivity contribution is -0.115. The van der Waals surface area contributed by atoms with Crippen molar-refractivity contribution in [2.24, 2.45) is 10.9 Å². The molecule has 1 unspecified atom stereocenters. The summed E-state index contributed by atoms with van der Waals surface area (Å²) in [5.74, 6) is 0.966. The van der Waals surface area contributed by atoms with Gasteiger partial charge in [-0.3, -0.25) is 4.79 Å². The van der Waals surface area contributed by atoms with Crippen LogP contribution >= 0.6 is 27.7 Å². The second-order valence-electron chi connectivity index (χ2n) is 4.52. The number of nitrogens with one attached hydrogen (secondary N) is 1. The Morgan fingerprint density at radius 2 is 2.30 bits per heavy atom. The molecule has 1 heterocycles. The van der Waals surface area contributed by atoms with Crippen molar-refractivity contribution in [2.45, 2.75) is 24.5 Å². The van der Waals surface area contributed by atoms with E-state index in [0.29, 0.717) is 11.3 Å². The van der Waals surface area contributed by atoms with Crippen LogP contribution in [0.25, 0.3) is 0 Å². The van der Waals surface area contributed by atoms with Gasteiger partial charge in [0.25, 0.3) is 0 Å². The summed E-state index contributed by atoms with van der Waals surface area (Å²) in [5.41, 5.74) is 6.68. The van der Waals surface area contributed by atoms with Crippen molar-refractivity contribution < 1.29 is 10.0 Å². The molecule has 0 saturated carbocycles. The van der Waals surface area contributed by atoms with Crippen molar-refractivity contribution in [3.05, 3.63) is 28.2 Å². The zero-order valence-electron chi connectivity index (χ0n) is 10.8. The Morgan fingerprint density at radius 1 is 1.50 bits per heavy atom. The molecule has 0 spiro atoms. The first kappa shape index (κ1) is 15.2. The van der Waals surface area contributed by atoms with E-state index in [1.165, 1.54) is 6.42 Å². The van der Waals surface area contributed by atoms with Gasteiger partial charge in [-0.1, -0.05) is 27.5 Å². The molecule has 5 nitrogen and oxygen atoms in total. The van der Waals surface area contributed by atoms with E-state index in [2.05, 4.69) is 26.4 Å². The summed E-state index contributed by atoms with van der Waals surface area (Å²) in [6.45, 7) is 0. The van der Waals surface area contributed by atoms with Gasteiger partial charge in [0, 0.05) is 10.0 Å². The third-order valence-electron chi connectivity index (χ3n) is 3.10. The van der Waals surface area contributed by atoms with Crippen LogP contribution in [0.3, 0.4) is 0 Å². The van der Waals surface area contributed by atoms with Gasteiger partial charge >= 0.3 is 0 Å². The Morgan fingerprint density at radius 3 is 2.95 bits per heavy atom. The summed E-state index contributed by atoms with van der Waals surface area (Å²) in [4.78, 5) is 12.3. The van der Waals surface area contributed by atoms with Crippen LogP contribution in [0.1, 0.15) is 24.8 Å². The zero-order valence-corrected chi connectivity index (χ0v) is 13.2. The van der Waals surface area contributed by atoms with Gasteiger partial charge in [-0.25, -0.2) is 0 Å². The maximum Gasteiger partial charge on any atom is 0.237 e. The lowest BCUT2D eigenvalue weighted by Gasteiger charge is -2.21.